The van der Waals surface area contributed by atoms with E-state index >= 15 is 0 Å². The zero-order chi connectivity index (χ0) is 18.8. The molecule has 25 heavy (non-hydrogen) atoms. The van der Waals surface area contributed by atoms with Crippen molar-refractivity contribution >= 4 is 21.8 Å². The second-order valence-corrected chi connectivity index (χ2v) is 7.48. The molecule has 0 heterocycles. The summed E-state index contributed by atoms with van der Waals surface area (Å²) < 4.78 is 68.5. The molecular weight excluding hydrogens is 365 g/mol. The topological polar surface area (TPSA) is 38.3 Å². The number of halogens is 5. The molecule has 2 aromatic carbocycles. The average molecular weight is 379 g/mol. The van der Waals surface area contributed by atoms with E-state index in [2.05, 4.69) is 11.9 Å². The molecule has 0 bridgehead atoms. The fourth-order valence-corrected chi connectivity index (χ4v) is 2.53. The van der Waals surface area contributed by atoms with E-state index in [0.717, 1.165) is 12.1 Å². The van der Waals surface area contributed by atoms with Crippen molar-refractivity contribution in [1.82, 2.24) is 0 Å². The fraction of sp³-hybridized carbons (Fsp3) is 0.0625. The number of nitrogens with one attached hydrogen (secondary N) is 1. The molecular formula is C16H14F5NO2S. The first-order valence-electron chi connectivity index (χ1n) is 6.88. The Morgan fingerprint density at radius 1 is 1.08 bits per heavy atom. The average Bonchev–Trinajstić information content (AvgIpc) is 2.51. The van der Waals surface area contributed by atoms with Gasteiger partial charge in [-0.3, -0.25) is 4.79 Å². The summed E-state index contributed by atoms with van der Waals surface area (Å²) in [7, 11) is -9.72. The Morgan fingerprint density at radius 2 is 1.72 bits per heavy atom. The second kappa shape index (κ2) is 5.76. The highest BCUT2D eigenvalue weighted by molar-refractivity contribution is 8.45. The van der Waals surface area contributed by atoms with Crippen molar-refractivity contribution in [2.75, 3.05) is 11.9 Å². The highest BCUT2D eigenvalue weighted by Gasteiger charge is 2.65. The summed E-state index contributed by atoms with van der Waals surface area (Å²) in [6.45, 7) is 3.72. The van der Waals surface area contributed by atoms with E-state index in [0.29, 0.717) is 5.75 Å². The maximum Gasteiger partial charge on any atom is 0.310 e. The highest BCUT2D eigenvalue weighted by atomic mass is 32.5. The van der Waals surface area contributed by atoms with Gasteiger partial charge in [-0.25, -0.2) is 0 Å². The number of carbonyl (C=O) groups is 1. The zero-order valence-electron chi connectivity index (χ0n) is 12.7. The van der Waals surface area contributed by atoms with Gasteiger partial charge in [0.25, 0.3) is 5.91 Å². The van der Waals surface area contributed by atoms with Crippen LogP contribution in [0.25, 0.3) is 0 Å². The van der Waals surface area contributed by atoms with Crippen molar-refractivity contribution in [3.05, 3.63) is 66.7 Å². The molecule has 0 aliphatic heterocycles. The minimum atomic E-state index is -9.72. The molecule has 0 unspecified atom stereocenters. The van der Waals surface area contributed by atoms with Crippen LogP contribution < -0.4 is 10.1 Å². The molecule has 0 radical (unpaired) electrons. The van der Waals surface area contributed by atoms with Gasteiger partial charge in [0.05, 0.1) is 0 Å². The molecule has 3 nitrogen and oxygen atoms in total. The Morgan fingerprint density at radius 3 is 2.28 bits per heavy atom. The summed E-state index contributed by atoms with van der Waals surface area (Å²) in [5, 5.41) is 2.33. The number of rotatable bonds is 6. The SMILES string of the molecule is C=CCOc1cccc(C(=O)Nc2ccc(S(F)(F)(F)(F)F)cc2)c1. The van der Waals surface area contributed by atoms with E-state index in [-0.39, 0.29) is 30.0 Å². The summed E-state index contributed by atoms with van der Waals surface area (Å²) in [5.74, 6) is -0.215. The molecule has 0 atom stereocenters. The van der Waals surface area contributed by atoms with Crippen molar-refractivity contribution in [3.8, 4) is 5.75 Å². The van der Waals surface area contributed by atoms with E-state index in [1.807, 2.05) is 0 Å². The predicted octanol–water partition coefficient (Wildman–Crippen LogP) is 6.16. The minimum Gasteiger partial charge on any atom is -0.490 e. The van der Waals surface area contributed by atoms with E-state index in [4.69, 9.17) is 4.74 Å². The number of amides is 1. The molecule has 0 aliphatic rings. The monoisotopic (exact) mass is 379 g/mol. The van der Waals surface area contributed by atoms with Crippen LogP contribution in [0.1, 0.15) is 10.4 Å². The molecule has 0 saturated heterocycles. The molecule has 1 amide bonds. The Kier molecular flexibility index (Phi) is 4.33. The zero-order valence-corrected chi connectivity index (χ0v) is 13.5. The van der Waals surface area contributed by atoms with Crippen LogP contribution in [-0.4, -0.2) is 12.5 Å². The van der Waals surface area contributed by atoms with Crippen LogP contribution in [0.4, 0.5) is 25.1 Å². The van der Waals surface area contributed by atoms with Crippen LogP contribution in [0.3, 0.4) is 0 Å². The molecule has 0 aliphatic carbocycles. The number of hydrogen-bond donors (Lipinski definition) is 1. The minimum absolute atomic E-state index is 0.0481. The highest BCUT2D eigenvalue weighted by Crippen LogP contribution is 3.02. The number of hydrogen-bond acceptors (Lipinski definition) is 2. The predicted molar refractivity (Wildman–Crippen MR) is 87.9 cm³/mol. The van der Waals surface area contributed by atoms with E-state index in [1.165, 1.54) is 18.2 Å². The molecule has 0 fully saturated rings. The van der Waals surface area contributed by atoms with Crippen molar-refractivity contribution < 1.29 is 29.0 Å². The Hall–Kier alpha value is -2.55. The van der Waals surface area contributed by atoms with Gasteiger partial charge in [0.15, 0.2) is 0 Å². The number of anilines is 1. The van der Waals surface area contributed by atoms with Gasteiger partial charge in [-0.15, -0.1) is 0 Å². The van der Waals surface area contributed by atoms with Crippen molar-refractivity contribution in [2.24, 2.45) is 0 Å². The van der Waals surface area contributed by atoms with Gasteiger partial charge in [0, 0.05) is 11.3 Å². The summed E-state index contributed by atoms with van der Waals surface area (Å²) in [5.41, 5.74) is 0.145. The summed E-state index contributed by atoms with van der Waals surface area (Å²) in [4.78, 5) is 10.1. The van der Waals surface area contributed by atoms with Gasteiger partial charge in [-0.1, -0.05) is 38.2 Å². The van der Waals surface area contributed by atoms with Gasteiger partial charge >= 0.3 is 10.2 Å². The Balaban J connectivity index is 2.15. The van der Waals surface area contributed by atoms with Gasteiger partial charge in [-0.05, 0) is 42.5 Å². The first-order valence-corrected chi connectivity index (χ1v) is 8.83. The molecule has 136 valence electrons. The van der Waals surface area contributed by atoms with Crippen LogP contribution in [0.2, 0.25) is 0 Å². The van der Waals surface area contributed by atoms with Crippen LogP contribution in [0.15, 0.2) is 66.1 Å². The summed E-state index contributed by atoms with van der Waals surface area (Å²) in [6, 6.07) is 8.09. The molecule has 9 heteroatoms. The standard InChI is InChI=1S/C16H14F5NO2S/c1-2-10-24-14-5-3-4-12(11-14)16(23)22-13-6-8-15(9-7-13)25(17,18,19,20)21/h2-9,11H,1,10H2,(H,22,23). The van der Waals surface area contributed by atoms with Crippen LogP contribution in [-0.2, 0) is 0 Å². The number of ether oxygens (including phenoxy) is 1. The third-order valence-corrected chi connectivity index (χ3v) is 4.18. The third kappa shape index (κ3) is 5.21. The van der Waals surface area contributed by atoms with Crippen LogP contribution >= 0.6 is 10.2 Å². The first-order chi connectivity index (χ1) is 11.4. The maximum atomic E-state index is 12.6. The lowest BCUT2D eigenvalue weighted by Crippen LogP contribution is -2.12. The summed E-state index contributed by atoms with van der Waals surface area (Å²) >= 11 is 0. The van der Waals surface area contributed by atoms with Gasteiger partial charge in [-0.2, -0.15) is 0 Å². The largest absolute Gasteiger partial charge is 0.490 e. The first kappa shape index (κ1) is 18.8. The van der Waals surface area contributed by atoms with E-state index in [9.17, 15) is 24.2 Å². The maximum absolute atomic E-state index is 12.6. The van der Waals surface area contributed by atoms with Crippen LogP contribution in [0.5, 0.6) is 5.75 Å². The molecule has 2 rings (SSSR count). The van der Waals surface area contributed by atoms with Crippen molar-refractivity contribution in [3.63, 3.8) is 0 Å². The quantitative estimate of drug-likeness (QED) is 0.482. The van der Waals surface area contributed by atoms with Crippen LogP contribution in [0, 0.1) is 0 Å². The molecule has 2 aromatic rings. The lowest BCUT2D eigenvalue weighted by molar-refractivity contribution is 0.102. The lowest BCUT2D eigenvalue weighted by atomic mass is 10.2. The molecule has 0 aromatic heterocycles. The Bertz CT molecular complexity index is 804. The normalized spacial score (nSPS) is 14.1. The number of benzene rings is 2. The van der Waals surface area contributed by atoms with Gasteiger partial charge in [0.2, 0.25) is 0 Å². The summed E-state index contributed by atoms with van der Waals surface area (Å²) in [6.07, 6.45) is 1.52. The molecule has 1 N–H and O–H groups in total. The van der Waals surface area contributed by atoms with E-state index in [1.54, 1.807) is 12.1 Å². The lowest BCUT2D eigenvalue weighted by Gasteiger charge is -2.40. The third-order valence-electron chi connectivity index (χ3n) is 3.02. The number of carbonyl (C=O) groups excluding carboxylic acids is 1. The van der Waals surface area contributed by atoms with Crippen molar-refractivity contribution in [2.45, 2.75) is 4.90 Å². The smallest absolute Gasteiger partial charge is 0.310 e. The van der Waals surface area contributed by atoms with Gasteiger partial charge < -0.3 is 10.1 Å². The van der Waals surface area contributed by atoms with E-state index < -0.39 is 21.0 Å². The molecule has 0 saturated carbocycles. The molecule has 0 spiro atoms. The Labute approximate surface area is 140 Å². The second-order valence-electron chi connectivity index (χ2n) is 5.07. The fourth-order valence-electron chi connectivity index (χ4n) is 1.88. The van der Waals surface area contributed by atoms with Gasteiger partial charge in [0.1, 0.15) is 17.3 Å². The van der Waals surface area contributed by atoms with Crippen molar-refractivity contribution in [1.29, 1.82) is 0 Å².